The van der Waals surface area contributed by atoms with Gasteiger partial charge in [0.25, 0.3) is 0 Å². The van der Waals surface area contributed by atoms with Gasteiger partial charge in [-0.05, 0) is 27.4 Å². The summed E-state index contributed by atoms with van der Waals surface area (Å²) >= 11 is 5.15. The SMILES string of the molecule is OC1CN(Cc2sccc2Br)CC1O. The lowest BCUT2D eigenvalue weighted by atomic mass is 10.3. The van der Waals surface area contributed by atoms with Crippen molar-refractivity contribution in [2.75, 3.05) is 13.1 Å². The normalized spacial score (nSPS) is 28.5. The zero-order valence-corrected chi connectivity index (χ0v) is 9.96. The first kappa shape index (κ1) is 10.6. The average Bonchev–Trinajstić information content (AvgIpc) is 2.63. The van der Waals surface area contributed by atoms with Crippen LogP contribution < -0.4 is 0 Å². The first-order valence-corrected chi connectivity index (χ1v) is 6.14. The van der Waals surface area contributed by atoms with Crippen LogP contribution in [-0.2, 0) is 6.54 Å². The monoisotopic (exact) mass is 277 g/mol. The Bertz CT molecular complexity index is 308. The number of hydrogen-bond donors (Lipinski definition) is 2. The van der Waals surface area contributed by atoms with E-state index in [-0.39, 0.29) is 0 Å². The number of thiophene rings is 1. The fourth-order valence-corrected chi connectivity index (χ4v) is 3.14. The zero-order chi connectivity index (χ0) is 10.1. The van der Waals surface area contributed by atoms with Crippen LogP contribution in [0.3, 0.4) is 0 Å². The molecule has 1 aliphatic heterocycles. The molecule has 1 saturated heterocycles. The number of β-amino-alcohol motifs (C(OH)–C–C–N with tert-alkyl or cyclic N) is 2. The molecule has 0 radical (unpaired) electrons. The van der Waals surface area contributed by atoms with Crippen LogP contribution in [0.25, 0.3) is 0 Å². The van der Waals surface area contributed by atoms with Crippen LogP contribution in [0.15, 0.2) is 15.9 Å². The Morgan fingerprint density at radius 3 is 2.57 bits per heavy atom. The van der Waals surface area contributed by atoms with Crippen molar-refractivity contribution in [3.63, 3.8) is 0 Å². The first-order chi connectivity index (χ1) is 6.66. The molecule has 1 aromatic rings. The zero-order valence-electron chi connectivity index (χ0n) is 7.56. The van der Waals surface area contributed by atoms with E-state index in [0.29, 0.717) is 13.1 Å². The van der Waals surface area contributed by atoms with E-state index >= 15 is 0 Å². The third-order valence-corrected chi connectivity index (χ3v) is 4.30. The summed E-state index contributed by atoms with van der Waals surface area (Å²) in [5.74, 6) is 0. The standard InChI is InChI=1S/C9H12BrNO2S/c10-6-1-2-14-9(6)5-11-3-7(12)8(13)4-11/h1-2,7-8,12-13H,3-5H2. The molecule has 78 valence electrons. The predicted molar refractivity (Wildman–Crippen MR) is 59.3 cm³/mol. The Kier molecular flexibility index (Phi) is 3.23. The number of nitrogens with zero attached hydrogens (tertiary/aromatic N) is 1. The van der Waals surface area contributed by atoms with Crippen molar-refractivity contribution in [3.05, 3.63) is 20.8 Å². The Hall–Kier alpha value is 0.0600. The maximum Gasteiger partial charge on any atom is 0.0938 e. The summed E-state index contributed by atoms with van der Waals surface area (Å²) in [5, 5.41) is 20.8. The van der Waals surface area contributed by atoms with Crippen molar-refractivity contribution in [3.8, 4) is 0 Å². The lowest BCUT2D eigenvalue weighted by Crippen LogP contribution is -2.22. The second kappa shape index (κ2) is 4.28. The van der Waals surface area contributed by atoms with Gasteiger partial charge in [-0.3, -0.25) is 4.90 Å². The molecule has 2 atom stereocenters. The van der Waals surface area contributed by atoms with E-state index < -0.39 is 12.2 Å². The van der Waals surface area contributed by atoms with Crippen molar-refractivity contribution in [1.29, 1.82) is 0 Å². The predicted octanol–water partition coefficient (Wildman–Crippen LogP) is 1.05. The van der Waals surface area contributed by atoms with Crippen molar-refractivity contribution in [1.82, 2.24) is 4.90 Å². The highest BCUT2D eigenvalue weighted by Crippen LogP contribution is 2.25. The Morgan fingerprint density at radius 2 is 2.07 bits per heavy atom. The van der Waals surface area contributed by atoms with E-state index in [1.807, 2.05) is 11.4 Å². The second-order valence-electron chi connectivity index (χ2n) is 3.52. The van der Waals surface area contributed by atoms with E-state index in [2.05, 4.69) is 20.8 Å². The molecule has 5 heteroatoms. The fraction of sp³-hybridized carbons (Fsp3) is 0.556. The van der Waals surface area contributed by atoms with Gasteiger partial charge in [0.2, 0.25) is 0 Å². The highest BCUT2D eigenvalue weighted by atomic mass is 79.9. The van der Waals surface area contributed by atoms with Crippen LogP contribution in [0, 0.1) is 0 Å². The summed E-state index contributed by atoms with van der Waals surface area (Å²) < 4.78 is 1.11. The minimum atomic E-state index is -0.589. The topological polar surface area (TPSA) is 43.7 Å². The molecule has 2 heterocycles. The third kappa shape index (κ3) is 2.17. The highest BCUT2D eigenvalue weighted by Gasteiger charge is 2.29. The summed E-state index contributed by atoms with van der Waals surface area (Å²) in [6.45, 7) is 1.92. The molecular weight excluding hydrogens is 266 g/mol. The van der Waals surface area contributed by atoms with Crippen LogP contribution in [0.2, 0.25) is 0 Å². The average molecular weight is 278 g/mol. The van der Waals surface area contributed by atoms with Gasteiger partial charge in [0, 0.05) is 29.0 Å². The van der Waals surface area contributed by atoms with Crippen LogP contribution >= 0.6 is 27.3 Å². The number of rotatable bonds is 2. The van der Waals surface area contributed by atoms with E-state index in [9.17, 15) is 10.2 Å². The minimum absolute atomic E-state index is 0.561. The molecule has 0 aliphatic carbocycles. The van der Waals surface area contributed by atoms with Crippen LogP contribution in [0.5, 0.6) is 0 Å². The molecule has 14 heavy (non-hydrogen) atoms. The maximum atomic E-state index is 9.37. The Labute approximate surface area is 95.1 Å². The van der Waals surface area contributed by atoms with Gasteiger partial charge in [0.15, 0.2) is 0 Å². The maximum absolute atomic E-state index is 9.37. The molecule has 0 aromatic carbocycles. The fourth-order valence-electron chi connectivity index (χ4n) is 1.62. The van der Waals surface area contributed by atoms with Gasteiger partial charge in [0.05, 0.1) is 12.2 Å². The largest absolute Gasteiger partial charge is 0.389 e. The number of hydrogen-bond acceptors (Lipinski definition) is 4. The minimum Gasteiger partial charge on any atom is -0.389 e. The van der Waals surface area contributed by atoms with Crippen molar-refractivity contribution in [2.45, 2.75) is 18.8 Å². The number of halogens is 1. The molecule has 0 saturated carbocycles. The molecule has 2 unspecified atom stereocenters. The smallest absolute Gasteiger partial charge is 0.0938 e. The lowest BCUT2D eigenvalue weighted by molar-refractivity contribution is 0.0572. The van der Waals surface area contributed by atoms with E-state index in [0.717, 1.165) is 11.0 Å². The molecule has 1 aliphatic rings. The summed E-state index contributed by atoms with van der Waals surface area (Å²) in [5.41, 5.74) is 0. The van der Waals surface area contributed by atoms with Gasteiger partial charge < -0.3 is 10.2 Å². The molecule has 1 fully saturated rings. The molecular formula is C9H12BrNO2S. The van der Waals surface area contributed by atoms with Crippen molar-refractivity contribution in [2.24, 2.45) is 0 Å². The Morgan fingerprint density at radius 1 is 1.43 bits per heavy atom. The van der Waals surface area contributed by atoms with E-state index in [4.69, 9.17) is 0 Å². The first-order valence-electron chi connectivity index (χ1n) is 4.47. The van der Waals surface area contributed by atoms with Crippen molar-refractivity contribution < 1.29 is 10.2 Å². The van der Waals surface area contributed by atoms with Crippen LogP contribution in [0.1, 0.15) is 4.88 Å². The molecule has 0 bridgehead atoms. The van der Waals surface area contributed by atoms with Gasteiger partial charge in [-0.2, -0.15) is 0 Å². The van der Waals surface area contributed by atoms with Gasteiger partial charge in [-0.1, -0.05) is 0 Å². The van der Waals surface area contributed by atoms with Gasteiger partial charge in [0.1, 0.15) is 0 Å². The van der Waals surface area contributed by atoms with Gasteiger partial charge in [-0.15, -0.1) is 11.3 Å². The van der Waals surface area contributed by atoms with Gasteiger partial charge >= 0.3 is 0 Å². The molecule has 2 N–H and O–H groups in total. The molecule has 1 aromatic heterocycles. The highest BCUT2D eigenvalue weighted by molar-refractivity contribution is 9.10. The number of aliphatic hydroxyl groups is 2. The number of likely N-dealkylation sites (tertiary alicyclic amines) is 1. The molecule has 0 spiro atoms. The lowest BCUT2D eigenvalue weighted by Gasteiger charge is -2.13. The van der Waals surface area contributed by atoms with E-state index in [1.165, 1.54) is 4.88 Å². The molecule has 2 rings (SSSR count). The third-order valence-electron chi connectivity index (χ3n) is 2.39. The quantitative estimate of drug-likeness (QED) is 0.850. The summed E-state index contributed by atoms with van der Waals surface area (Å²) in [7, 11) is 0. The molecule has 3 nitrogen and oxygen atoms in total. The second-order valence-corrected chi connectivity index (χ2v) is 5.38. The summed E-state index contributed by atoms with van der Waals surface area (Å²) in [6.07, 6.45) is -1.18. The summed E-state index contributed by atoms with van der Waals surface area (Å²) in [4.78, 5) is 3.30. The Balaban J connectivity index is 1.97. The van der Waals surface area contributed by atoms with Crippen LogP contribution in [-0.4, -0.2) is 40.4 Å². The summed E-state index contributed by atoms with van der Waals surface area (Å²) in [6, 6.07) is 2.02. The number of aliphatic hydroxyl groups excluding tert-OH is 2. The van der Waals surface area contributed by atoms with E-state index in [1.54, 1.807) is 11.3 Å². The van der Waals surface area contributed by atoms with Crippen LogP contribution in [0.4, 0.5) is 0 Å². The van der Waals surface area contributed by atoms with Gasteiger partial charge in [-0.25, -0.2) is 0 Å². The van der Waals surface area contributed by atoms with Crippen molar-refractivity contribution >= 4 is 27.3 Å². The molecule has 0 amide bonds.